The topological polar surface area (TPSA) is 108 Å². The highest BCUT2D eigenvalue weighted by Crippen LogP contribution is 2.38. The van der Waals surface area contributed by atoms with Crippen LogP contribution in [0.5, 0.6) is 23.0 Å². The predicted molar refractivity (Wildman–Crippen MR) is 99.0 cm³/mol. The van der Waals surface area contributed by atoms with Crippen LogP contribution in [-0.2, 0) is 0 Å². The summed E-state index contributed by atoms with van der Waals surface area (Å²) in [7, 11) is 4.42. The first-order valence-electron chi connectivity index (χ1n) is 7.82. The fourth-order valence-electron chi connectivity index (χ4n) is 2.55. The van der Waals surface area contributed by atoms with Gasteiger partial charge in [-0.05, 0) is 42.3 Å². The van der Waals surface area contributed by atoms with E-state index in [0.29, 0.717) is 28.4 Å². The molecule has 27 heavy (non-hydrogen) atoms. The first kappa shape index (κ1) is 19.8. The van der Waals surface area contributed by atoms with E-state index in [9.17, 15) is 20.0 Å². The van der Waals surface area contributed by atoms with E-state index in [0.717, 1.165) is 0 Å². The SMILES string of the molecule is COc1cc(/C=C/C(=O)c2cc(C)cc([N+](=O)[O-])c2O)cc(OC)c1OC. The Hall–Kier alpha value is -3.55. The molecule has 1 N–H and O–H groups in total. The van der Waals surface area contributed by atoms with Gasteiger partial charge in [-0.3, -0.25) is 14.9 Å². The van der Waals surface area contributed by atoms with Crippen LogP contribution in [0.4, 0.5) is 5.69 Å². The Bertz CT molecular complexity index is 894. The first-order valence-corrected chi connectivity index (χ1v) is 7.82. The molecule has 0 amide bonds. The number of ether oxygens (including phenoxy) is 3. The largest absolute Gasteiger partial charge is 0.502 e. The van der Waals surface area contributed by atoms with Crippen molar-refractivity contribution in [3.8, 4) is 23.0 Å². The minimum absolute atomic E-state index is 0.148. The molecule has 0 aliphatic heterocycles. The number of nitro groups is 1. The fourth-order valence-corrected chi connectivity index (χ4v) is 2.55. The van der Waals surface area contributed by atoms with Gasteiger partial charge in [0.15, 0.2) is 17.3 Å². The molecule has 0 aliphatic carbocycles. The van der Waals surface area contributed by atoms with Gasteiger partial charge in [0.1, 0.15) is 0 Å². The summed E-state index contributed by atoms with van der Waals surface area (Å²) >= 11 is 0. The van der Waals surface area contributed by atoms with Crippen LogP contribution in [0.1, 0.15) is 21.5 Å². The fraction of sp³-hybridized carbons (Fsp3) is 0.211. The lowest BCUT2D eigenvalue weighted by molar-refractivity contribution is -0.385. The molecule has 0 unspecified atom stereocenters. The van der Waals surface area contributed by atoms with Crippen LogP contribution in [0.15, 0.2) is 30.3 Å². The Balaban J connectivity index is 2.42. The Morgan fingerprint density at radius 3 is 2.15 bits per heavy atom. The number of aryl methyl sites for hydroxylation is 1. The Morgan fingerprint density at radius 2 is 1.67 bits per heavy atom. The number of carbonyl (C=O) groups excluding carboxylic acids is 1. The van der Waals surface area contributed by atoms with E-state index < -0.39 is 22.1 Å². The van der Waals surface area contributed by atoms with Crippen molar-refractivity contribution in [2.24, 2.45) is 0 Å². The van der Waals surface area contributed by atoms with Gasteiger partial charge in [0, 0.05) is 6.07 Å². The Kier molecular flexibility index (Phi) is 6.02. The van der Waals surface area contributed by atoms with Crippen molar-refractivity contribution in [1.82, 2.24) is 0 Å². The number of carbonyl (C=O) groups is 1. The molecule has 0 atom stereocenters. The van der Waals surface area contributed by atoms with Gasteiger partial charge in [0.2, 0.25) is 11.5 Å². The monoisotopic (exact) mass is 373 g/mol. The van der Waals surface area contributed by atoms with Crippen LogP contribution in [0, 0.1) is 17.0 Å². The number of ketones is 1. The zero-order chi connectivity index (χ0) is 20.1. The van der Waals surface area contributed by atoms with Crippen molar-refractivity contribution in [3.63, 3.8) is 0 Å². The lowest BCUT2D eigenvalue weighted by Crippen LogP contribution is -2.00. The van der Waals surface area contributed by atoms with E-state index in [4.69, 9.17) is 14.2 Å². The highest BCUT2D eigenvalue weighted by molar-refractivity contribution is 6.09. The van der Waals surface area contributed by atoms with Gasteiger partial charge in [0.25, 0.3) is 0 Å². The van der Waals surface area contributed by atoms with Crippen molar-refractivity contribution in [1.29, 1.82) is 0 Å². The molecule has 0 bridgehead atoms. The van der Waals surface area contributed by atoms with Gasteiger partial charge in [0.05, 0.1) is 31.8 Å². The predicted octanol–water partition coefficient (Wildman–Crippen LogP) is 3.53. The maximum absolute atomic E-state index is 12.4. The smallest absolute Gasteiger partial charge is 0.311 e. The number of allylic oxidation sites excluding steroid dienone is 1. The number of aromatic hydroxyl groups is 1. The summed E-state index contributed by atoms with van der Waals surface area (Å²) in [5.41, 5.74) is 0.411. The van der Waals surface area contributed by atoms with Crippen molar-refractivity contribution >= 4 is 17.5 Å². The third-order valence-corrected chi connectivity index (χ3v) is 3.81. The molecule has 2 rings (SSSR count). The number of hydrogen-bond acceptors (Lipinski definition) is 7. The van der Waals surface area contributed by atoms with Gasteiger partial charge < -0.3 is 19.3 Å². The van der Waals surface area contributed by atoms with Crippen LogP contribution in [0.2, 0.25) is 0 Å². The molecular weight excluding hydrogens is 354 g/mol. The molecule has 0 radical (unpaired) electrons. The number of hydrogen-bond donors (Lipinski definition) is 1. The Morgan fingerprint density at radius 1 is 1.07 bits per heavy atom. The molecule has 0 aliphatic rings. The second-order valence-corrected chi connectivity index (χ2v) is 5.59. The van der Waals surface area contributed by atoms with Crippen molar-refractivity contribution < 1.29 is 29.0 Å². The lowest BCUT2D eigenvalue weighted by Gasteiger charge is -2.12. The van der Waals surface area contributed by atoms with Gasteiger partial charge in [-0.25, -0.2) is 0 Å². The van der Waals surface area contributed by atoms with Gasteiger partial charge in [-0.2, -0.15) is 0 Å². The summed E-state index contributed by atoms with van der Waals surface area (Å²) in [4.78, 5) is 22.7. The summed E-state index contributed by atoms with van der Waals surface area (Å²) in [5.74, 6) is 0.00426. The van der Waals surface area contributed by atoms with E-state index in [-0.39, 0.29) is 5.56 Å². The minimum atomic E-state index is -0.734. The molecular formula is C19H19NO7. The molecule has 0 heterocycles. The lowest BCUT2D eigenvalue weighted by atomic mass is 10.0. The zero-order valence-electron chi connectivity index (χ0n) is 15.3. The summed E-state index contributed by atoms with van der Waals surface area (Å²) < 4.78 is 15.7. The maximum Gasteiger partial charge on any atom is 0.311 e. The van der Waals surface area contributed by atoms with E-state index >= 15 is 0 Å². The van der Waals surface area contributed by atoms with Crippen LogP contribution in [-0.4, -0.2) is 37.1 Å². The van der Waals surface area contributed by atoms with E-state index in [1.54, 1.807) is 19.1 Å². The average molecular weight is 373 g/mol. The molecule has 0 fully saturated rings. The Labute approximate surface area is 155 Å². The summed E-state index contributed by atoms with van der Waals surface area (Å²) in [6, 6.07) is 5.88. The molecule has 2 aromatic rings. The second kappa shape index (κ2) is 8.22. The van der Waals surface area contributed by atoms with Gasteiger partial charge in [-0.15, -0.1) is 0 Å². The molecule has 142 valence electrons. The summed E-state index contributed by atoms with van der Waals surface area (Å²) in [6.07, 6.45) is 2.69. The number of rotatable bonds is 7. The van der Waals surface area contributed by atoms with Crippen LogP contribution in [0.25, 0.3) is 6.08 Å². The quantitative estimate of drug-likeness (QED) is 0.342. The van der Waals surface area contributed by atoms with Crippen LogP contribution >= 0.6 is 0 Å². The normalized spacial score (nSPS) is 10.7. The van der Waals surface area contributed by atoms with Crippen molar-refractivity contribution in [2.45, 2.75) is 6.92 Å². The van der Waals surface area contributed by atoms with Gasteiger partial charge >= 0.3 is 5.69 Å². The second-order valence-electron chi connectivity index (χ2n) is 5.59. The number of nitro benzene ring substituents is 1. The van der Waals surface area contributed by atoms with Crippen molar-refractivity contribution in [3.05, 3.63) is 57.1 Å². The highest BCUT2D eigenvalue weighted by Gasteiger charge is 2.21. The average Bonchev–Trinajstić information content (AvgIpc) is 2.66. The molecule has 2 aromatic carbocycles. The summed E-state index contributed by atoms with van der Waals surface area (Å²) in [5, 5.41) is 21.0. The number of phenolic OH excluding ortho intramolecular Hbond substituents is 1. The molecule has 0 spiro atoms. The number of methoxy groups -OCH3 is 3. The third-order valence-electron chi connectivity index (χ3n) is 3.81. The van der Waals surface area contributed by atoms with E-state index in [1.165, 1.54) is 45.6 Å². The third kappa shape index (κ3) is 4.17. The zero-order valence-corrected chi connectivity index (χ0v) is 15.3. The molecule has 0 saturated heterocycles. The van der Waals surface area contributed by atoms with Crippen molar-refractivity contribution in [2.75, 3.05) is 21.3 Å². The van der Waals surface area contributed by atoms with E-state index in [2.05, 4.69) is 0 Å². The maximum atomic E-state index is 12.4. The first-order chi connectivity index (χ1) is 12.8. The minimum Gasteiger partial charge on any atom is -0.502 e. The number of benzene rings is 2. The number of nitrogens with zero attached hydrogens (tertiary/aromatic N) is 1. The molecule has 0 aromatic heterocycles. The molecule has 8 nitrogen and oxygen atoms in total. The number of phenols is 1. The summed E-state index contributed by atoms with van der Waals surface area (Å²) in [6.45, 7) is 1.60. The standard InChI is InChI=1S/C19H19NO7/c1-11-7-13(18(22)14(8-11)20(23)24)15(21)6-5-12-9-16(25-2)19(27-4)17(10-12)26-3/h5-10,22H,1-4H3/b6-5+. The highest BCUT2D eigenvalue weighted by atomic mass is 16.6. The molecule has 0 saturated carbocycles. The molecule has 8 heteroatoms. The van der Waals surface area contributed by atoms with Crippen LogP contribution in [0.3, 0.4) is 0 Å². The van der Waals surface area contributed by atoms with Crippen LogP contribution < -0.4 is 14.2 Å². The van der Waals surface area contributed by atoms with Gasteiger partial charge in [-0.1, -0.05) is 6.08 Å². The van der Waals surface area contributed by atoms with E-state index in [1.807, 2.05) is 0 Å².